The quantitative estimate of drug-likeness (QED) is 0.640. The minimum Gasteiger partial charge on any atom is -0.457 e. The minimum absolute atomic E-state index is 0.0794. The SMILES string of the molecule is O=C(OCc1cccc(F)c1)c1cccc(N2C(=O)C=CC2=O)c1. The molecule has 0 saturated heterocycles. The first kappa shape index (κ1) is 15.6. The van der Waals surface area contributed by atoms with Crippen LogP contribution in [0.15, 0.2) is 60.7 Å². The van der Waals surface area contributed by atoms with E-state index in [4.69, 9.17) is 4.74 Å². The van der Waals surface area contributed by atoms with E-state index in [9.17, 15) is 18.8 Å². The van der Waals surface area contributed by atoms with Gasteiger partial charge in [0.2, 0.25) is 0 Å². The number of hydrogen-bond acceptors (Lipinski definition) is 4. The van der Waals surface area contributed by atoms with E-state index in [1.54, 1.807) is 18.2 Å². The van der Waals surface area contributed by atoms with Gasteiger partial charge in [0.05, 0.1) is 11.3 Å². The molecule has 120 valence electrons. The van der Waals surface area contributed by atoms with Crippen molar-refractivity contribution >= 4 is 23.5 Å². The van der Waals surface area contributed by atoms with E-state index >= 15 is 0 Å². The monoisotopic (exact) mass is 325 g/mol. The highest BCUT2D eigenvalue weighted by molar-refractivity contribution is 6.28. The normalized spacial score (nSPS) is 13.5. The first-order chi connectivity index (χ1) is 11.5. The van der Waals surface area contributed by atoms with Crippen LogP contribution in [0.3, 0.4) is 0 Å². The van der Waals surface area contributed by atoms with E-state index in [1.807, 2.05) is 0 Å². The van der Waals surface area contributed by atoms with Gasteiger partial charge >= 0.3 is 5.97 Å². The molecule has 0 spiro atoms. The molecule has 24 heavy (non-hydrogen) atoms. The van der Waals surface area contributed by atoms with E-state index in [0.717, 1.165) is 17.1 Å². The molecule has 1 heterocycles. The Hall–Kier alpha value is -3.28. The molecule has 6 heteroatoms. The lowest BCUT2D eigenvalue weighted by molar-refractivity contribution is -0.119. The Labute approximate surface area is 137 Å². The van der Waals surface area contributed by atoms with Gasteiger partial charge in [-0.05, 0) is 35.9 Å². The summed E-state index contributed by atoms with van der Waals surface area (Å²) in [6, 6.07) is 11.7. The minimum atomic E-state index is -0.631. The van der Waals surface area contributed by atoms with Crippen LogP contribution in [0, 0.1) is 5.82 Å². The highest BCUT2D eigenvalue weighted by atomic mass is 19.1. The molecule has 0 aromatic heterocycles. The molecule has 2 amide bonds. The third-order valence-electron chi connectivity index (χ3n) is 3.41. The lowest BCUT2D eigenvalue weighted by atomic mass is 10.2. The van der Waals surface area contributed by atoms with Gasteiger partial charge in [0.1, 0.15) is 12.4 Å². The largest absolute Gasteiger partial charge is 0.457 e. The predicted octanol–water partition coefficient (Wildman–Crippen LogP) is 2.61. The Morgan fingerprint density at radius 3 is 2.42 bits per heavy atom. The molecule has 0 atom stereocenters. The first-order valence-corrected chi connectivity index (χ1v) is 7.12. The van der Waals surface area contributed by atoms with Crippen molar-refractivity contribution in [3.63, 3.8) is 0 Å². The fourth-order valence-corrected chi connectivity index (χ4v) is 2.29. The molecule has 5 nitrogen and oxygen atoms in total. The van der Waals surface area contributed by atoms with Gasteiger partial charge in [0.15, 0.2) is 0 Å². The van der Waals surface area contributed by atoms with Crippen molar-refractivity contribution in [2.75, 3.05) is 4.90 Å². The maximum Gasteiger partial charge on any atom is 0.338 e. The lowest BCUT2D eigenvalue weighted by Gasteiger charge is -2.14. The summed E-state index contributed by atoms with van der Waals surface area (Å²) in [6.07, 6.45) is 2.33. The molecule has 0 saturated carbocycles. The maximum absolute atomic E-state index is 13.1. The second-order valence-corrected chi connectivity index (χ2v) is 5.10. The number of hydrogen-bond donors (Lipinski definition) is 0. The van der Waals surface area contributed by atoms with Crippen LogP contribution in [-0.2, 0) is 20.9 Å². The van der Waals surface area contributed by atoms with Crippen molar-refractivity contribution in [3.8, 4) is 0 Å². The second-order valence-electron chi connectivity index (χ2n) is 5.10. The summed E-state index contributed by atoms with van der Waals surface area (Å²) >= 11 is 0. The Kier molecular flexibility index (Phi) is 4.20. The van der Waals surface area contributed by atoms with Crippen molar-refractivity contribution in [3.05, 3.63) is 77.6 Å². The molecule has 0 N–H and O–H groups in total. The molecule has 0 unspecified atom stereocenters. The molecule has 1 aliphatic rings. The van der Waals surface area contributed by atoms with Crippen LogP contribution >= 0.6 is 0 Å². The molecule has 0 fully saturated rings. The van der Waals surface area contributed by atoms with Crippen LogP contribution in [0.25, 0.3) is 0 Å². The molecule has 2 aromatic rings. The average Bonchev–Trinajstić information content (AvgIpc) is 2.91. The summed E-state index contributed by atoms with van der Waals surface area (Å²) in [5.41, 5.74) is 1.00. The van der Waals surface area contributed by atoms with Gasteiger partial charge in [-0.3, -0.25) is 9.59 Å². The number of nitrogens with zero attached hydrogens (tertiary/aromatic N) is 1. The van der Waals surface area contributed by atoms with Gasteiger partial charge in [-0.15, -0.1) is 0 Å². The van der Waals surface area contributed by atoms with Crippen LogP contribution in [0.5, 0.6) is 0 Å². The number of ether oxygens (including phenoxy) is 1. The third kappa shape index (κ3) is 3.22. The van der Waals surface area contributed by atoms with Crippen molar-refractivity contribution in [1.29, 1.82) is 0 Å². The number of esters is 1. The number of carbonyl (C=O) groups excluding carboxylic acids is 3. The van der Waals surface area contributed by atoms with Crippen LogP contribution in [0.4, 0.5) is 10.1 Å². The van der Waals surface area contributed by atoms with Crippen LogP contribution in [-0.4, -0.2) is 17.8 Å². The van der Waals surface area contributed by atoms with E-state index in [2.05, 4.69) is 0 Å². The van der Waals surface area contributed by atoms with E-state index in [0.29, 0.717) is 5.56 Å². The smallest absolute Gasteiger partial charge is 0.338 e. The Morgan fingerprint density at radius 2 is 1.71 bits per heavy atom. The Balaban J connectivity index is 1.73. The van der Waals surface area contributed by atoms with Crippen LogP contribution < -0.4 is 4.90 Å². The molecule has 2 aromatic carbocycles. The summed E-state index contributed by atoms with van der Waals surface area (Å²) in [5, 5.41) is 0. The van der Waals surface area contributed by atoms with Crippen LogP contribution in [0.1, 0.15) is 15.9 Å². The predicted molar refractivity (Wildman–Crippen MR) is 83.6 cm³/mol. The summed E-state index contributed by atoms with van der Waals surface area (Å²) in [6.45, 7) is -0.0794. The zero-order valence-corrected chi connectivity index (χ0v) is 12.4. The summed E-state index contributed by atoms with van der Waals surface area (Å²) < 4.78 is 18.2. The van der Waals surface area contributed by atoms with Gasteiger partial charge in [0, 0.05) is 12.2 Å². The standard InChI is InChI=1S/C18H12FNO4/c19-14-5-1-3-12(9-14)11-24-18(23)13-4-2-6-15(10-13)20-16(21)7-8-17(20)22/h1-10H,11H2. The number of benzene rings is 2. The summed E-state index contributed by atoms with van der Waals surface area (Å²) in [7, 11) is 0. The Bertz CT molecular complexity index is 842. The molecule has 3 rings (SSSR count). The topological polar surface area (TPSA) is 63.7 Å². The summed E-state index contributed by atoms with van der Waals surface area (Å²) in [5.74, 6) is -1.98. The molecule has 0 radical (unpaired) electrons. The fraction of sp³-hybridized carbons (Fsp3) is 0.0556. The summed E-state index contributed by atoms with van der Waals surface area (Å²) in [4.78, 5) is 36.4. The number of rotatable bonds is 4. The second kappa shape index (κ2) is 6.45. The number of imide groups is 1. The highest BCUT2D eigenvalue weighted by Crippen LogP contribution is 2.21. The van der Waals surface area contributed by atoms with Crippen molar-refractivity contribution in [2.45, 2.75) is 6.61 Å². The van der Waals surface area contributed by atoms with E-state index < -0.39 is 23.6 Å². The van der Waals surface area contributed by atoms with Gasteiger partial charge in [-0.1, -0.05) is 18.2 Å². The fourth-order valence-electron chi connectivity index (χ4n) is 2.29. The molecular weight excluding hydrogens is 313 g/mol. The zero-order valence-electron chi connectivity index (χ0n) is 12.4. The van der Waals surface area contributed by atoms with Gasteiger partial charge in [0.25, 0.3) is 11.8 Å². The van der Waals surface area contributed by atoms with Gasteiger partial charge in [-0.25, -0.2) is 14.1 Å². The molecule has 0 bridgehead atoms. The number of halogens is 1. The lowest BCUT2D eigenvalue weighted by Crippen LogP contribution is -2.29. The zero-order chi connectivity index (χ0) is 17.1. The average molecular weight is 325 g/mol. The number of carbonyl (C=O) groups is 3. The van der Waals surface area contributed by atoms with Crippen molar-refractivity contribution < 1.29 is 23.5 Å². The molecule has 1 aliphatic heterocycles. The van der Waals surface area contributed by atoms with E-state index in [1.165, 1.54) is 30.3 Å². The number of amides is 2. The Morgan fingerprint density at radius 1 is 1.00 bits per heavy atom. The maximum atomic E-state index is 13.1. The van der Waals surface area contributed by atoms with Crippen LogP contribution in [0.2, 0.25) is 0 Å². The van der Waals surface area contributed by atoms with Gasteiger partial charge in [-0.2, -0.15) is 0 Å². The highest BCUT2D eigenvalue weighted by Gasteiger charge is 2.25. The van der Waals surface area contributed by atoms with Crippen molar-refractivity contribution in [2.24, 2.45) is 0 Å². The number of anilines is 1. The molecular formula is C18H12FNO4. The third-order valence-corrected chi connectivity index (χ3v) is 3.41. The van der Waals surface area contributed by atoms with E-state index in [-0.39, 0.29) is 17.9 Å². The first-order valence-electron chi connectivity index (χ1n) is 7.12. The molecule has 0 aliphatic carbocycles. The van der Waals surface area contributed by atoms with Crippen molar-refractivity contribution in [1.82, 2.24) is 0 Å². The van der Waals surface area contributed by atoms with Gasteiger partial charge < -0.3 is 4.74 Å².